The molecule has 1 aromatic heterocycles. The Balaban J connectivity index is 2.39. The smallest absolute Gasteiger partial charge is 0.111 e. The molecule has 110 valence electrons. The molecule has 1 atom stereocenters. The third-order valence-electron chi connectivity index (χ3n) is 3.00. The standard InChI is InChI=1S/C13H15Cl3N2OS/c1-20(19)6-2-5-18-12-8-10(16)9(15)7-11(12)17-13(18)3-4-14/h7-8H,2-6H2,1H3. The molecule has 0 saturated carbocycles. The number of benzene rings is 1. The van der Waals surface area contributed by atoms with Gasteiger partial charge in [0.1, 0.15) is 5.82 Å². The van der Waals surface area contributed by atoms with Crippen molar-refractivity contribution < 1.29 is 4.21 Å². The van der Waals surface area contributed by atoms with Crippen LogP contribution in [0.2, 0.25) is 10.0 Å². The third kappa shape index (κ3) is 3.67. The average molecular weight is 354 g/mol. The Morgan fingerprint density at radius 3 is 2.65 bits per heavy atom. The maximum absolute atomic E-state index is 11.2. The Morgan fingerprint density at radius 1 is 1.30 bits per heavy atom. The monoisotopic (exact) mass is 352 g/mol. The van der Waals surface area contributed by atoms with Gasteiger partial charge in [0.25, 0.3) is 0 Å². The molecule has 2 aromatic rings. The number of imidazole rings is 1. The van der Waals surface area contributed by atoms with Crippen LogP contribution >= 0.6 is 34.8 Å². The van der Waals surface area contributed by atoms with Gasteiger partial charge in [-0.1, -0.05) is 23.2 Å². The molecule has 0 spiro atoms. The molecule has 20 heavy (non-hydrogen) atoms. The molecule has 1 heterocycles. The van der Waals surface area contributed by atoms with Crippen molar-refractivity contribution in [3.8, 4) is 0 Å². The molecule has 2 rings (SSSR count). The van der Waals surface area contributed by atoms with Gasteiger partial charge in [-0.3, -0.25) is 4.21 Å². The Hall–Kier alpha value is -0.290. The van der Waals surface area contributed by atoms with Crippen LogP contribution in [0.15, 0.2) is 12.1 Å². The van der Waals surface area contributed by atoms with E-state index in [-0.39, 0.29) is 0 Å². The molecule has 0 aliphatic rings. The molecule has 7 heteroatoms. The summed E-state index contributed by atoms with van der Waals surface area (Å²) in [5.41, 5.74) is 1.76. The van der Waals surface area contributed by atoms with E-state index in [9.17, 15) is 4.21 Å². The van der Waals surface area contributed by atoms with Gasteiger partial charge in [-0.15, -0.1) is 11.6 Å². The normalized spacial score (nSPS) is 13.0. The lowest BCUT2D eigenvalue weighted by Gasteiger charge is -2.08. The van der Waals surface area contributed by atoms with E-state index in [2.05, 4.69) is 9.55 Å². The van der Waals surface area contributed by atoms with Gasteiger partial charge in [-0.2, -0.15) is 0 Å². The number of rotatable bonds is 6. The summed E-state index contributed by atoms with van der Waals surface area (Å²) < 4.78 is 13.3. The average Bonchev–Trinajstić information content (AvgIpc) is 2.68. The van der Waals surface area contributed by atoms with Crippen LogP contribution in [0.5, 0.6) is 0 Å². The van der Waals surface area contributed by atoms with Crippen LogP contribution < -0.4 is 0 Å². The van der Waals surface area contributed by atoms with Crippen molar-refractivity contribution in [2.45, 2.75) is 19.4 Å². The van der Waals surface area contributed by atoms with Gasteiger partial charge in [0.05, 0.1) is 21.1 Å². The lowest BCUT2D eigenvalue weighted by molar-refractivity contribution is 0.650. The molecule has 0 saturated heterocycles. The maximum atomic E-state index is 11.2. The highest BCUT2D eigenvalue weighted by Gasteiger charge is 2.12. The Bertz CT molecular complexity index is 642. The zero-order valence-corrected chi connectivity index (χ0v) is 14.1. The number of fused-ring (bicyclic) bond motifs is 1. The van der Waals surface area contributed by atoms with Crippen LogP contribution in [-0.4, -0.2) is 31.6 Å². The number of aromatic nitrogens is 2. The van der Waals surface area contributed by atoms with Gasteiger partial charge in [0, 0.05) is 41.7 Å². The second kappa shape index (κ2) is 7.12. The van der Waals surface area contributed by atoms with Crippen LogP contribution in [0.1, 0.15) is 12.2 Å². The molecule has 3 nitrogen and oxygen atoms in total. The van der Waals surface area contributed by atoms with Crippen molar-refractivity contribution in [1.29, 1.82) is 0 Å². The Labute approximate surface area is 135 Å². The predicted molar refractivity (Wildman–Crippen MR) is 87.7 cm³/mol. The molecule has 0 aliphatic carbocycles. The summed E-state index contributed by atoms with van der Waals surface area (Å²) >= 11 is 17.9. The van der Waals surface area contributed by atoms with Crippen molar-refractivity contribution in [3.63, 3.8) is 0 Å². The Kier molecular flexibility index (Phi) is 5.73. The first-order chi connectivity index (χ1) is 9.52. The third-order valence-corrected chi connectivity index (χ3v) is 4.78. The minimum absolute atomic E-state index is 0.496. The molecular formula is C13H15Cl3N2OS. The van der Waals surface area contributed by atoms with E-state index in [1.54, 1.807) is 12.3 Å². The molecule has 0 amide bonds. The fourth-order valence-corrected chi connectivity index (χ4v) is 3.14. The van der Waals surface area contributed by atoms with Gasteiger partial charge in [0.15, 0.2) is 0 Å². The van der Waals surface area contributed by atoms with Crippen molar-refractivity contribution in [3.05, 3.63) is 28.0 Å². The minimum atomic E-state index is -0.786. The first kappa shape index (κ1) is 16.1. The summed E-state index contributed by atoms with van der Waals surface area (Å²) in [5, 5.41) is 1.01. The van der Waals surface area contributed by atoms with Crippen LogP contribution in [0.3, 0.4) is 0 Å². The van der Waals surface area contributed by atoms with Gasteiger partial charge in [-0.05, 0) is 18.6 Å². The van der Waals surface area contributed by atoms with Crippen molar-refractivity contribution in [2.24, 2.45) is 0 Å². The van der Waals surface area contributed by atoms with Crippen LogP contribution in [0.4, 0.5) is 0 Å². The van der Waals surface area contributed by atoms with Gasteiger partial charge in [-0.25, -0.2) is 4.98 Å². The molecule has 0 N–H and O–H groups in total. The highest BCUT2D eigenvalue weighted by atomic mass is 35.5. The SMILES string of the molecule is CS(=O)CCCn1c(CCCl)nc2cc(Cl)c(Cl)cc21. The molecule has 0 bridgehead atoms. The lowest BCUT2D eigenvalue weighted by Crippen LogP contribution is -2.07. The lowest BCUT2D eigenvalue weighted by atomic mass is 10.3. The summed E-state index contributed by atoms with van der Waals surface area (Å²) in [5.74, 6) is 2.08. The number of alkyl halides is 1. The second-order valence-corrected chi connectivity index (χ2v) is 7.25. The molecule has 1 unspecified atom stereocenters. The highest BCUT2D eigenvalue weighted by molar-refractivity contribution is 7.84. The predicted octanol–water partition coefficient (Wildman–Crippen LogP) is 3.89. The fourth-order valence-electron chi connectivity index (χ4n) is 2.12. The number of hydrogen-bond acceptors (Lipinski definition) is 2. The van der Waals surface area contributed by atoms with Crippen LogP contribution in [0.25, 0.3) is 11.0 Å². The highest BCUT2D eigenvalue weighted by Crippen LogP contribution is 2.28. The minimum Gasteiger partial charge on any atom is -0.328 e. The quantitative estimate of drug-likeness (QED) is 0.738. The number of aryl methyl sites for hydroxylation is 2. The van der Waals surface area contributed by atoms with Crippen molar-refractivity contribution in [1.82, 2.24) is 9.55 Å². The van der Waals surface area contributed by atoms with Gasteiger partial charge >= 0.3 is 0 Å². The van der Waals surface area contributed by atoms with Crippen molar-refractivity contribution in [2.75, 3.05) is 17.9 Å². The van der Waals surface area contributed by atoms with E-state index < -0.39 is 10.8 Å². The molecule has 0 radical (unpaired) electrons. The molecule has 0 fully saturated rings. The summed E-state index contributed by atoms with van der Waals surface area (Å²) in [6.07, 6.45) is 3.22. The van der Waals surface area contributed by atoms with E-state index in [0.717, 1.165) is 29.8 Å². The summed E-state index contributed by atoms with van der Waals surface area (Å²) in [4.78, 5) is 4.56. The van der Waals surface area contributed by atoms with E-state index in [0.29, 0.717) is 28.1 Å². The zero-order valence-electron chi connectivity index (χ0n) is 11.0. The van der Waals surface area contributed by atoms with Gasteiger partial charge in [0.2, 0.25) is 0 Å². The van der Waals surface area contributed by atoms with Crippen LogP contribution in [-0.2, 0) is 23.8 Å². The molecular weight excluding hydrogens is 339 g/mol. The molecule has 1 aromatic carbocycles. The van der Waals surface area contributed by atoms with E-state index >= 15 is 0 Å². The van der Waals surface area contributed by atoms with E-state index in [1.165, 1.54) is 0 Å². The van der Waals surface area contributed by atoms with Gasteiger partial charge < -0.3 is 4.57 Å². The second-order valence-electron chi connectivity index (χ2n) is 4.50. The number of nitrogens with zero attached hydrogens (tertiary/aromatic N) is 2. The summed E-state index contributed by atoms with van der Waals surface area (Å²) in [7, 11) is -0.786. The zero-order chi connectivity index (χ0) is 14.7. The first-order valence-corrected chi connectivity index (χ1v) is 9.25. The topological polar surface area (TPSA) is 34.9 Å². The van der Waals surface area contributed by atoms with Crippen molar-refractivity contribution >= 4 is 56.6 Å². The fraction of sp³-hybridized carbons (Fsp3) is 0.462. The summed E-state index contributed by atoms with van der Waals surface area (Å²) in [6, 6.07) is 3.60. The first-order valence-electron chi connectivity index (χ1n) is 6.23. The van der Waals surface area contributed by atoms with E-state index in [4.69, 9.17) is 34.8 Å². The number of hydrogen-bond donors (Lipinski definition) is 0. The summed E-state index contributed by atoms with van der Waals surface area (Å²) in [6.45, 7) is 0.750. The van der Waals surface area contributed by atoms with E-state index in [1.807, 2.05) is 6.07 Å². The Morgan fingerprint density at radius 2 is 2.00 bits per heavy atom. The van der Waals surface area contributed by atoms with Crippen LogP contribution in [0, 0.1) is 0 Å². The maximum Gasteiger partial charge on any atom is 0.111 e. The number of halogens is 3. The molecule has 0 aliphatic heterocycles. The largest absolute Gasteiger partial charge is 0.328 e.